The number of amides is 1. The van der Waals surface area contributed by atoms with Gasteiger partial charge >= 0.3 is 0 Å². The van der Waals surface area contributed by atoms with Crippen LogP contribution in [0.3, 0.4) is 0 Å². The predicted molar refractivity (Wildman–Crippen MR) is 98.6 cm³/mol. The van der Waals surface area contributed by atoms with Crippen LogP contribution in [0.25, 0.3) is 11.3 Å². The van der Waals surface area contributed by atoms with Crippen LogP contribution in [0.5, 0.6) is 5.75 Å². The molecule has 3 aromatic rings. The Morgan fingerprint density at radius 3 is 2.56 bits per heavy atom. The lowest BCUT2D eigenvalue weighted by Gasteiger charge is -2.13. The van der Waals surface area contributed by atoms with Crippen LogP contribution < -0.4 is 10.5 Å². The normalized spacial score (nSPS) is 12.0. The SMILES string of the molecule is CC(Oc1ccc(F)c(C(N)=O)c1F)c1nc(-c2ccc(Cl)cc2)c(Br)o1. The van der Waals surface area contributed by atoms with Crippen LogP contribution in [-0.4, -0.2) is 10.9 Å². The maximum Gasteiger partial charge on any atom is 0.254 e. The second-order valence-electron chi connectivity index (χ2n) is 5.54. The van der Waals surface area contributed by atoms with Gasteiger partial charge in [-0.05, 0) is 47.1 Å². The zero-order chi connectivity index (χ0) is 19.7. The first-order valence-electron chi connectivity index (χ1n) is 7.64. The molecule has 0 aliphatic carbocycles. The van der Waals surface area contributed by atoms with Gasteiger partial charge in [-0.15, -0.1) is 0 Å². The summed E-state index contributed by atoms with van der Waals surface area (Å²) in [4.78, 5) is 15.6. The molecule has 27 heavy (non-hydrogen) atoms. The lowest BCUT2D eigenvalue weighted by atomic mass is 10.1. The number of rotatable bonds is 5. The molecule has 1 unspecified atom stereocenters. The second-order valence-corrected chi connectivity index (χ2v) is 6.70. The molecule has 2 N–H and O–H groups in total. The number of primary amides is 1. The van der Waals surface area contributed by atoms with Crippen LogP contribution in [0.2, 0.25) is 5.02 Å². The quantitative estimate of drug-likeness (QED) is 0.566. The highest BCUT2D eigenvalue weighted by atomic mass is 79.9. The standard InChI is InChI=1S/C18H12BrClF2N2O3/c1-8(26-12-7-6-11(21)13(14(12)22)17(23)25)18-24-15(16(19)27-18)9-2-4-10(20)5-3-9/h2-8H,1H3,(H2,23,25). The first kappa shape index (κ1) is 19.3. The predicted octanol–water partition coefficient (Wildman–Crippen LogP) is 5.27. The van der Waals surface area contributed by atoms with Gasteiger partial charge in [0.1, 0.15) is 17.1 Å². The summed E-state index contributed by atoms with van der Waals surface area (Å²) >= 11 is 9.15. The molecule has 1 aromatic heterocycles. The topological polar surface area (TPSA) is 78.4 Å². The first-order valence-corrected chi connectivity index (χ1v) is 8.81. The van der Waals surface area contributed by atoms with Crippen molar-refractivity contribution in [2.75, 3.05) is 0 Å². The van der Waals surface area contributed by atoms with Crippen molar-refractivity contribution < 1.29 is 22.7 Å². The average Bonchev–Trinajstić information content (AvgIpc) is 3.00. The van der Waals surface area contributed by atoms with Gasteiger partial charge in [0.05, 0.1) is 0 Å². The van der Waals surface area contributed by atoms with Crippen molar-refractivity contribution in [3.8, 4) is 17.0 Å². The minimum Gasteiger partial charge on any atom is -0.478 e. The fourth-order valence-electron chi connectivity index (χ4n) is 2.37. The van der Waals surface area contributed by atoms with E-state index < -0.39 is 29.2 Å². The van der Waals surface area contributed by atoms with Crippen molar-refractivity contribution in [1.29, 1.82) is 0 Å². The smallest absolute Gasteiger partial charge is 0.254 e. The maximum absolute atomic E-state index is 14.3. The van der Waals surface area contributed by atoms with E-state index >= 15 is 0 Å². The molecule has 1 heterocycles. The zero-order valence-corrected chi connectivity index (χ0v) is 16.1. The minimum absolute atomic E-state index is 0.149. The van der Waals surface area contributed by atoms with E-state index in [1.54, 1.807) is 31.2 Å². The van der Waals surface area contributed by atoms with E-state index in [0.29, 0.717) is 15.4 Å². The summed E-state index contributed by atoms with van der Waals surface area (Å²) in [6.45, 7) is 1.57. The van der Waals surface area contributed by atoms with Crippen molar-refractivity contribution >= 4 is 33.4 Å². The summed E-state index contributed by atoms with van der Waals surface area (Å²) < 4.78 is 39.2. The molecule has 0 saturated carbocycles. The zero-order valence-electron chi connectivity index (χ0n) is 13.8. The Labute approximate surface area is 166 Å². The Balaban J connectivity index is 1.89. The third kappa shape index (κ3) is 3.96. The molecule has 140 valence electrons. The van der Waals surface area contributed by atoms with Gasteiger partial charge in [-0.1, -0.05) is 23.7 Å². The van der Waals surface area contributed by atoms with Gasteiger partial charge in [-0.2, -0.15) is 0 Å². The van der Waals surface area contributed by atoms with Gasteiger partial charge < -0.3 is 14.9 Å². The number of oxazole rings is 1. The summed E-state index contributed by atoms with van der Waals surface area (Å²) in [6.07, 6.45) is -0.831. The highest BCUT2D eigenvalue weighted by Gasteiger charge is 2.23. The fourth-order valence-corrected chi connectivity index (χ4v) is 2.98. The summed E-state index contributed by atoms with van der Waals surface area (Å²) in [5, 5.41) is 0.576. The van der Waals surface area contributed by atoms with E-state index in [1.165, 1.54) is 0 Å². The van der Waals surface area contributed by atoms with Crippen LogP contribution in [-0.2, 0) is 0 Å². The highest BCUT2D eigenvalue weighted by Crippen LogP contribution is 2.33. The Morgan fingerprint density at radius 2 is 1.93 bits per heavy atom. The molecule has 0 aliphatic rings. The van der Waals surface area contributed by atoms with E-state index in [-0.39, 0.29) is 11.6 Å². The van der Waals surface area contributed by atoms with Crippen LogP contribution in [0.1, 0.15) is 29.3 Å². The Hall–Kier alpha value is -2.45. The third-order valence-corrected chi connectivity index (χ3v) is 4.46. The number of halogens is 4. The van der Waals surface area contributed by atoms with Crippen molar-refractivity contribution in [3.63, 3.8) is 0 Å². The van der Waals surface area contributed by atoms with E-state index in [0.717, 1.165) is 17.7 Å². The summed E-state index contributed by atoms with van der Waals surface area (Å²) in [6, 6.07) is 8.90. The molecule has 1 atom stereocenters. The summed E-state index contributed by atoms with van der Waals surface area (Å²) in [5.74, 6) is -3.68. The van der Waals surface area contributed by atoms with Crippen molar-refractivity contribution in [2.24, 2.45) is 5.73 Å². The summed E-state index contributed by atoms with van der Waals surface area (Å²) in [5.41, 5.74) is 5.39. The van der Waals surface area contributed by atoms with Crippen molar-refractivity contribution in [3.05, 3.63) is 69.2 Å². The molecular weight excluding hydrogens is 446 g/mol. The molecule has 0 spiro atoms. The molecule has 0 fully saturated rings. The number of carbonyl (C=O) groups is 1. The van der Waals surface area contributed by atoms with E-state index in [9.17, 15) is 13.6 Å². The number of benzene rings is 2. The Bertz CT molecular complexity index is 1010. The van der Waals surface area contributed by atoms with Crippen molar-refractivity contribution in [1.82, 2.24) is 4.98 Å². The van der Waals surface area contributed by atoms with Gasteiger partial charge in [0.25, 0.3) is 5.91 Å². The van der Waals surface area contributed by atoms with Gasteiger partial charge in [0.15, 0.2) is 22.3 Å². The molecule has 0 saturated heterocycles. The van der Waals surface area contributed by atoms with Crippen LogP contribution in [0, 0.1) is 11.6 Å². The number of hydrogen-bond acceptors (Lipinski definition) is 4. The van der Waals surface area contributed by atoms with Crippen LogP contribution in [0.4, 0.5) is 8.78 Å². The van der Waals surface area contributed by atoms with Gasteiger partial charge in [-0.3, -0.25) is 4.79 Å². The lowest BCUT2D eigenvalue weighted by Crippen LogP contribution is -2.16. The maximum atomic E-state index is 14.3. The molecule has 2 aromatic carbocycles. The monoisotopic (exact) mass is 456 g/mol. The van der Waals surface area contributed by atoms with Gasteiger partial charge in [0.2, 0.25) is 5.89 Å². The number of nitrogens with zero attached hydrogens (tertiary/aromatic N) is 1. The lowest BCUT2D eigenvalue weighted by molar-refractivity contribution is 0.0989. The molecule has 3 rings (SSSR count). The fraction of sp³-hybridized carbons (Fsp3) is 0.111. The molecule has 9 heteroatoms. The first-order chi connectivity index (χ1) is 12.8. The van der Waals surface area contributed by atoms with Gasteiger partial charge in [-0.25, -0.2) is 13.8 Å². The van der Waals surface area contributed by atoms with E-state index in [2.05, 4.69) is 20.9 Å². The molecule has 1 amide bonds. The van der Waals surface area contributed by atoms with Crippen molar-refractivity contribution in [2.45, 2.75) is 13.0 Å². The highest BCUT2D eigenvalue weighted by molar-refractivity contribution is 9.10. The van der Waals surface area contributed by atoms with E-state index in [1.807, 2.05) is 0 Å². The number of hydrogen-bond donors (Lipinski definition) is 1. The number of carbonyl (C=O) groups excluding carboxylic acids is 1. The third-order valence-electron chi connectivity index (χ3n) is 3.67. The van der Waals surface area contributed by atoms with Crippen LogP contribution >= 0.6 is 27.5 Å². The molecule has 5 nitrogen and oxygen atoms in total. The molecular formula is C18H12BrClF2N2O3. The number of nitrogens with two attached hydrogens (primary N) is 1. The molecule has 0 bridgehead atoms. The Morgan fingerprint density at radius 1 is 1.26 bits per heavy atom. The Kier molecular flexibility index (Phi) is 5.48. The largest absolute Gasteiger partial charge is 0.478 e. The molecule has 0 radical (unpaired) electrons. The molecule has 0 aliphatic heterocycles. The second kappa shape index (κ2) is 7.66. The van der Waals surface area contributed by atoms with E-state index in [4.69, 9.17) is 26.5 Å². The average molecular weight is 458 g/mol. The number of aromatic nitrogens is 1. The summed E-state index contributed by atoms with van der Waals surface area (Å²) in [7, 11) is 0. The number of ether oxygens (including phenoxy) is 1. The van der Waals surface area contributed by atoms with Gasteiger partial charge in [0, 0.05) is 10.6 Å². The van der Waals surface area contributed by atoms with Crippen LogP contribution in [0.15, 0.2) is 45.5 Å². The minimum atomic E-state index is -1.23.